The van der Waals surface area contributed by atoms with E-state index in [0.29, 0.717) is 6.54 Å². The SMILES string of the molecule is CCCC(CN)C(O)c1cnn(C)c1. The van der Waals surface area contributed by atoms with Gasteiger partial charge in [0.15, 0.2) is 0 Å². The number of nitrogens with two attached hydrogens (primary N) is 1. The fourth-order valence-corrected chi connectivity index (χ4v) is 1.64. The van der Waals surface area contributed by atoms with Crippen LogP contribution in [0.1, 0.15) is 31.4 Å². The minimum atomic E-state index is -0.478. The summed E-state index contributed by atoms with van der Waals surface area (Å²) in [5, 5.41) is 14.0. The topological polar surface area (TPSA) is 64.1 Å². The fourth-order valence-electron chi connectivity index (χ4n) is 1.64. The van der Waals surface area contributed by atoms with E-state index in [1.165, 1.54) is 0 Å². The molecule has 14 heavy (non-hydrogen) atoms. The van der Waals surface area contributed by atoms with Crippen molar-refractivity contribution in [3.05, 3.63) is 18.0 Å². The average molecular weight is 197 g/mol. The summed E-state index contributed by atoms with van der Waals surface area (Å²) in [6.45, 7) is 2.61. The van der Waals surface area contributed by atoms with Crippen LogP contribution in [0.15, 0.2) is 12.4 Å². The number of hydrogen-bond donors (Lipinski definition) is 2. The summed E-state index contributed by atoms with van der Waals surface area (Å²) >= 11 is 0. The van der Waals surface area contributed by atoms with Gasteiger partial charge in [0.05, 0.1) is 12.3 Å². The largest absolute Gasteiger partial charge is 0.388 e. The highest BCUT2D eigenvalue weighted by molar-refractivity contribution is 5.09. The van der Waals surface area contributed by atoms with E-state index in [4.69, 9.17) is 5.73 Å². The zero-order valence-corrected chi connectivity index (χ0v) is 8.85. The van der Waals surface area contributed by atoms with Crippen LogP contribution in [-0.4, -0.2) is 21.4 Å². The van der Waals surface area contributed by atoms with Gasteiger partial charge in [0.25, 0.3) is 0 Å². The van der Waals surface area contributed by atoms with Gasteiger partial charge in [-0.2, -0.15) is 5.10 Å². The molecule has 0 aliphatic heterocycles. The standard InChI is InChI=1S/C10H19N3O/c1-3-4-8(5-11)10(14)9-6-12-13(2)7-9/h6-8,10,14H,3-5,11H2,1-2H3. The maximum atomic E-state index is 9.99. The molecule has 4 heteroatoms. The molecular weight excluding hydrogens is 178 g/mol. The third-order valence-electron chi connectivity index (χ3n) is 2.48. The summed E-state index contributed by atoms with van der Waals surface area (Å²) in [5.41, 5.74) is 6.47. The van der Waals surface area contributed by atoms with Gasteiger partial charge in [-0.1, -0.05) is 13.3 Å². The molecule has 4 nitrogen and oxygen atoms in total. The first kappa shape index (κ1) is 11.2. The van der Waals surface area contributed by atoms with E-state index in [-0.39, 0.29) is 5.92 Å². The molecule has 0 aromatic carbocycles. The molecule has 1 heterocycles. The summed E-state index contributed by atoms with van der Waals surface area (Å²) in [6, 6.07) is 0. The van der Waals surface area contributed by atoms with Crippen molar-refractivity contribution < 1.29 is 5.11 Å². The van der Waals surface area contributed by atoms with Crippen molar-refractivity contribution in [1.82, 2.24) is 9.78 Å². The number of nitrogens with zero attached hydrogens (tertiary/aromatic N) is 2. The smallest absolute Gasteiger partial charge is 0.0860 e. The van der Waals surface area contributed by atoms with E-state index in [1.54, 1.807) is 10.9 Å². The number of rotatable bonds is 5. The van der Waals surface area contributed by atoms with Crippen molar-refractivity contribution in [3.8, 4) is 0 Å². The van der Waals surface area contributed by atoms with Gasteiger partial charge in [-0.3, -0.25) is 4.68 Å². The molecule has 1 aromatic heterocycles. The summed E-state index contributed by atoms with van der Waals surface area (Å²) in [7, 11) is 1.84. The lowest BCUT2D eigenvalue weighted by atomic mass is 9.94. The Bertz CT molecular complexity index is 272. The molecule has 1 aromatic rings. The number of aliphatic hydroxyl groups excluding tert-OH is 1. The summed E-state index contributed by atoms with van der Waals surface area (Å²) in [6.07, 6.45) is 5.05. The quantitative estimate of drug-likeness (QED) is 0.734. The van der Waals surface area contributed by atoms with E-state index >= 15 is 0 Å². The molecule has 0 saturated heterocycles. The Morgan fingerprint density at radius 3 is 2.79 bits per heavy atom. The maximum Gasteiger partial charge on any atom is 0.0860 e. The number of aryl methyl sites for hydroxylation is 1. The van der Waals surface area contributed by atoms with Gasteiger partial charge in [-0.25, -0.2) is 0 Å². The second kappa shape index (κ2) is 5.12. The Morgan fingerprint density at radius 2 is 2.36 bits per heavy atom. The van der Waals surface area contributed by atoms with Crippen LogP contribution in [0.4, 0.5) is 0 Å². The van der Waals surface area contributed by atoms with Gasteiger partial charge in [-0.15, -0.1) is 0 Å². The lowest BCUT2D eigenvalue weighted by molar-refractivity contribution is 0.106. The van der Waals surface area contributed by atoms with Crippen molar-refractivity contribution in [2.45, 2.75) is 25.9 Å². The van der Waals surface area contributed by atoms with Gasteiger partial charge in [0, 0.05) is 24.7 Å². The predicted molar refractivity (Wildman–Crippen MR) is 55.6 cm³/mol. The first-order valence-corrected chi connectivity index (χ1v) is 5.05. The predicted octanol–water partition coefficient (Wildman–Crippen LogP) is 0.828. The lowest BCUT2D eigenvalue weighted by Crippen LogP contribution is -2.21. The number of aromatic nitrogens is 2. The van der Waals surface area contributed by atoms with Gasteiger partial charge in [-0.05, 0) is 13.0 Å². The minimum Gasteiger partial charge on any atom is -0.388 e. The minimum absolute atomic E-state index is 0.143. The third kappa shape index (κ3) is 2.56. The molecule has 0 bridgehead atoms. The van der Waals surface area contributed by atoms with Crippen LogP contribution < -0.4 is 5.73 Å². The van der Waals surface area contributed by atoms with Gasteiger partial charge >= 0.3 is 0 Å². The second-order valence-corrected chi connectivity index (χ2v) is 3.68. The summed E-state index contributed by atoms with van der Waals surface area (Å²) in [5.74, 6) is 0.143. The first-order chi connectivity index (χ1) is 6.69. The Morgan fingerprint density at radius 1 is 1.64 bits per heavy atom. The fraction of sp³-hybridized carbons (Fsp3) is 0.700. The molecule has 80 valence electrons. The number of aliphatic hydroxyl groups is 1. The average Bonchev–Trinajstić information content (AvgIpc) is 2.60. The van der Waals surface area contributed by atoms with Crippen LogP contribution in [0.3, 0.4) is 0 Å². The Labute approximate surface area is 84.7 Å². The van der Waals surface area contributed by atoms with Gasteiger partial charge < -0.3 is 10.8 Å². The van der Waals surface area contributed by atoms with Crippen molar-refractivity contribution >= 4 is 0 Å². The van der Waals surface area contributed by atoms with Crippen LogP contribution in [-0.2, 0) is 7.05 Å². The highest BCUT2D eigenvalue weighted by Gasteiger charge is 2.19. The molecule has 0 fully saturated rings. The zero-order chi connectivity index (χ0) is 10.6. The van der Waals surface area contributed by atoms with E-state index in [0.717, 1.165) is 18.4 Å². The zero-order valence-electron chi connectivity index (χ0n) is 8.85. The number of hydrogen-bond acceptors (Lipinski definition) is 3. The van der Waals surface area contributed by atoms with Crippen LogP contribution in [0.2, 0.25) is 0 Å². The Balaban J connectivity index is 2.66. The van der Waals surface area contributed by atoms with Crippen LogP contribution in [0.25, 0.3) is 0 Å². The monoisotopic (exact) mass is 197 g/mol. The molecule has 3 N–H and O–H groups in total. The molecule has 2 atom stereocenters. The van der Waals surface area contributed by atoms with E-state index in [2.05, 4.69) is 12.0 Å². The summed E-state index contributed by atoms with van der Waals surface area (Å²) in [4.78, 5) is 0. The molecule has 0 spiro atoms. The molecular formula is C10H19N3O. The normalized spacial score (nSPS) is 15.4. The maximum absolute atomic E-state index is 9.99. The highest BCUT2D eigenvalue weighted by Crippen LogP contribution is 2.24. The van der Waals surface area contributed by atoms with Crippen molar-refractivity contribution in [2.24, 2.45) is 18.7 Å². The van der Waals surface area contributed by atoms with Crippen LogP contribution >= 0.6 is 0 Å². The molecule has 1 rings (SSSR count). The van der Waals surface area contributed by atoms with E-state index in [1.807, 2.05) is 13.2 Å². The third-order valence-corrected chi connectivity index (χ3v) is 2.48. The molecule has 2 unspecified atom stereocenters. The first-order valence-electron chi connectivity index (χ1n) is 5.05. The van der Waals surface area contributed by atoms with E-state index in [9.17, 15) is 5.11 Å². The van der Waals surface area contributed by atoms with Crippen LogP contribution in [0, 0.1) is 5.92 Å². The molecule has 0 saturated carbocycles. The Kier molecular flexibility index (Phi) is 4.10. The lowest BCUT2D eigenvalue weighted by Gasteiger charge is -2.19. The summed E-state index contributed by atoms with van der Waals surface area (Å²) < 4.78 is 1.69. The second-order valence-electron chi connectivity index (χ2n) is 3.68. The van der Waals surface area contributed by atoms with Crippen molar-refractivity contribution in [3.63, 3.8) is 0 Å². The van der Waals surface area contributed by atoms with Crippen molar-refractivity contribution in [1.29, 1.82) is 0 Å². The molecule has 0 radical (unpaired) electrons. The van der Waals surface area contributed by atoms with Gasteiger partial charge in [0.1, 0.15) is 0 Å². The van der Waals surface area contributed by atoms with Gasteiger partial charge in [0.2, 0.25) is 0 Å². The molecule has 0 aliphatic rings. The highest BCUT2D eigenvalue weighted by atomic mass is 16.3. The molecule has 0 aliphatic carbocycles. The molecule has 0 amide bonds. The Hall–Kier alpha value is -0.870. The van der Waals surface area contributed by atoms with E-state index < -0.39 is 6.10 Å². The van der Waals surface area contributed by atoms with Crippen LogP contribution in [0.5, 0.6) is 0 Å². The van der Waals surface area contributed by atoms with Crippen molar-refractivity contribution in [2.75, 3.05) is 6.54 Å².